The van der Waals surface area contributed by atoms with Crippen molar-refractivity contribution in [2.24, 2.45) is 5.73 Å². The Morgan fingerprint density at radius 3 is 2.76 bits per heavy atom. The van der Waals surface area contributed by atoms with E-state index in [1.54, 1.807) is 0 Å². The molecule has 0 spiro atoms. The third kappa shape index (κ3) is 5.66. The molecule has 1 aromatic carbocycles. The SMILES string of the molecule is N#Cc1cc(Br)cc(NCCCOC2CCC(N)CC2)c1. The summed E-state index contributed by atoms with van der Waals surface area (Å²) in [4.78, 5) is 0. The lowest BCUT2D eigenvalue weighted by Crippen LogP contribution is -2.30. The highest BCUT2D eigenvalue weighted by atomic mass is 79.9. The van der Waals surface area contributed by atoms with E-state index in [1.807, 2.05) is 18.2 Å². The minimum atomic E-state index is 0.373. The van der Waals surface area contributed by atoms with Crippen LogP contribution in [0.15, 0.2) is 22.7 Å². The molecule has 0 radical (unpaired) electrons. The summed E-state index contributed by atoms with van der Waals surface area (Å²) >= 11 is 3.41. The van der Waals surface area contributed by atoms with E-state index in [2.05, 4.69) is 27.3 Å². The first kappa shape index (κ1) is 16.3. The number of ether oxygens (including phenoxy) is 1. The van der Waals surface area contributed by atoms with Gasteiger partial charge in [-0.25, -0.2) is 0 Å². The second kappa shape index (κ2) is 8.38. The average Bonchev–Trinajstić information content (AvgIpc) is 2.48. The number of nitrogens with zero attached hydrogens (tertiary/aromatic N) is 1. The molecule has 5 heteroatoms. The van der Waals surface area contributed by atoms with Crippen molar-refractivity contribution in [2.75, 3.05) is 18.5 Å². The number of hydrogen-bond acceptors (Lipinski definition) is 4. The van der Waals surface area contributed by atoms with Gasteiger partial charge in [-0.15, -0.1) is 0 Å². The van der Waals surface area contributed by atoms with Gasteiger partial charge in [0.25, 0.3) is 0 Å². The van der Waals surface area contributed by atoms with Crippen LogP contribution < -0.4 is 11.1 Å². The molecule has 21 heavy (non-hydrogen) atoms. The lowest BCUT2D eigenvalue weighted by Gasteiger charge is -2.26. The fourth-order valence-corrected chi connectivity index (χ4v) is 3.06. The van der Waals surface area contributed by atoms with Crippen LogP contribution >= 0.6 is 15.9 Å². The van der Waals surface area contributed by atoms with E-state index >= 15 is 0 Å². The molecule has 0 aliphatic heterocycles. The zero-order chi connectivity index (χ0) is 15.1. The van der Waals surface area contributed by atoms with Crippen LogP contribution in [0.25, 0.3) is 0 Å². The highest BCUT2D eigenvalue weighted by Crippen LogP contribution is 2.20. The van der Waals surface area contributed by atoms with Crippen molar-refractivity contribution in [3.05, 3.63) is 28.2 Å². The van der Waals surface area contributed by atoms with Gasteiger partial charge >= 0.3 is 0 Å². The summed E-state index contributed by atoms with van der Waals surface area (Å²) < 4.78 is 6.80. The van der Waals surface area contributed by atoms with Crippen molar-refractivity contribution in [1.29, 1.82) is 5.26 Å². The van der Waals surface area contributed by atoms with Gasteiger partial charge in [0.2, 0.25) is 0 Å². The molecule has 1 aromatic rings. The zero-order valence-electron chi connectivity index (χ0n) is 12.1. The molecule has 0 heterocycles. The lowest BCUT2D eigenvalue weighted by atomic mass is 9.94. The number of nitrogens with one attached hydrogen (secondary N) is 1. The Morgan fingerprint density at radius 1 is 1.29 bits per heavy atom. The van der Waals surface area contributed by atoms with Crippen LogP contribution in [0, 0.1) is 11.3 Å². The summed E-state index contributed by atoms with van der Waals surface area (Å²) in [5, 5.41) is 12.3. The molecule has 1 aliphatic rings. The van der Waals surface area contributed by atoms with Gasteiger partial charge in [0.05, 0.1) is 17.7 Å². The molecule has 0 saturated heterocycles. The molecule has 1 saturated carbocycles. The van der Waals surface area contributed by atoms with E-state index < -0.39 is 0 Å². The van der Waals surface area contributed by atoms with Gasteiger partial charge in [-0.05, 0) is 50.3 Å². The average molecular weight is 352 g/mol. The van der Waals surface area contributed by atoms with Gasteiger partial charge in [-0.1, -0.05) is 15.9 Å². The van der Waals surface area contributed by atoms with E-state index in [9.17, 15) is 0 Å². The van der Waals surface area contributed by atoms with Gasteiger partial charge in [0.15, 0.2) is 0 Å². The van der Waals surface area contributed by atoms with Crippen LogP contribution in [0.4, 0.5) is 5.69 Å². The molecule has 0 unspecified atom stereocenters. The van der Waals surface area contributed by atoms with Crippen LogP contribution in [-0.4, -0.2) is 25.3 Å². The smallest absolute Gasteiger partial charge is 0.0992 e. The Bertz CT molecular complexity index is 493. The lowest BCUT2D eigenvalue weighted by molar-refractivity contribution is 0.0251. The Balaban J connectivity index is 1.64. The van der Waals surface area contributed by atoms with Crippen molar-refractivity contribution >= 4 is 21.6 Å². The summed E-state index contributed by atoms with van der Waals surface area (Å²) in [7, 11) is 0. The molecule has 0 aromatic heterocycles. The number of nitriles is 1. The second-order valence-electron chi connectivity index (χ2n) is 5.53. The quantitative estimate of drug-likeness (QED) is 0.770. The normalized spacial score (nSPS) is 21.8. The molecule has 0 amide bonds. The van der Waals surface area contributed by atoms with Crippen molar-refractivity contribution < 1.29 is 4.74 Å². The molecular formula is C16H22BrN3O. The first-order valence-corrected chi connectivity index (χ1v) is 8.28. The molecule has 0 bridgehead atoms. The predicted octanol–water partition coefficient (Wildman–Crippen LogP) is 3.41. The topological polar surface area (TPSA) is 71.1 Å². The number of nitrogens with two attached hydrogens (primary N) is 1. The van der Waals surface area contributed by atoms with Gasteiger partial charge < -0.3 is 15.8 Å². The van der Waals surface area contributed by atoms with Crippen molar-refractivity contribution in [1.82, 2.24) is 0 Å². The molecule has 2 rings (SSSR count). The van der Waals surface area contributed by atoms with E-state index in [4.69, 9.17) is 15.7 Å². The molecule has 3 N–H and O–H groups in total. The van der Waals surface area contributed by atoms with Gasteiger partial charge in [-0.2, -0.15) is 5.26 Å². The molecular weight excluding hydrogens is 330 g/mol. The molecule has 1 fully saturated rings. The summed E-state index contributed by atoms with van der Waals surface area (Å²) in [5.41, 5.74) is 7.50. The number of hydrogen-bond donors (Lipinski definition) is 2. The van der Waals surface area contributed by atoms with Crippen LogP contribution in [0.3, 0.4) is 0 Å². The maximum atomic E-state index is 8.93. The number of benzene rings is 1. The molecule has 114 valence electrons. The Hall–Kier alpha value is -1.09. The predicted molar refractivity (Wildman–Crippen MR) is 88.1 cm³/mol. The fraction of sp³-hybridized carbons (Fsp3) is 0.562. The minimum Gasteiger partial charge on any atom is -0.385 e. The van der Waals surface area contributed by atoms with E-state index in [0.29, 0.717) is 17.7 Å². The van der Waals surface area contributed by atoms with Crippen molar-refractivity contribution in [2.45, 2.75) is 44.2 Å². The third-order valence-corrected chi connectivity index (χ3v) is 4.21. The first-order valence-electron chi connectivity index (χ1n) is 7.49. The highest BCUT2D eigenvalue weighted by molar-refractivity contribution is 9.10. The maximum Gasteiger partial charge on any atom is 0.0992 e. The molecule has 0 atom stereocenters. The molecule has 4 nitrogen and oxygen atoms in total. The standard InChI is InChI=1S/C16H22BrN3O/c17-13-8-12(11-18)9-15(10-13)20-6-1-7-21-16-4-2-14(19)3-5-16/h8-10,14,16,20H,1-7,19H2. The summed E-state index contributed by atoms with van der Waals surface area (Å²) in [6.45, 7) is 1.61. The summed E-state index contributed by atoms with van der Waals surface area (Å²) in [6, 6.07) is 8.16. The second-order valence-corrected chi connectivity index (χ2v) is 6.44. The largest absolute Gasteiger partial charge is 0.385 e. The number of halogens is 1. The van der Waals surface area contributed by atoms with Crippen LogP contribution in [-0.2, 0) is 4.74 Å². The van der Waals surface area contributed by atoms with E-state index in [-0.39, 0.29) is 0 Å². The minimum absolute atomic E-state index is 0.373. The fourth-order valence-electron chi connectivity index (χ4n) is 2.57. The van der Waals surface area contributed by atoms with Crippen molar-refractivity contribution in [3.63, 3.8) is 0 Å². The number of rotatable bonds is 6. The Labute approximate surface area is 134 Å². The van der Waals surface area contributed by atoms with Crippen LogP contribution in [0.1, 0.15) is 37.7 Å². The van der Waals surface area contributed by atoms with Crippen LogP contribution in [0.5, 0.6) is 0 Å². The van der Waals surface area contributed by atoms with E-state index in [0.717, 1.165) is 55.4 Å². The summed E-state index contributed by atoms with van der Waals surface area (Å²) in [5.74, 6) is 0. The number of anilines is 1. The highest BCUT2D eigenvalue weighted by Gasteiger charge is 2.18. The van der Waals surface area contributed by atoms with Gasteiger partial charge in [0, 0.05) is 29.4 Å². The van der Waals surface area contributed by atoms with E-state index in [1.165, 1.54) is 0 Å². The third-order valence-electron chi connectivity index (χ3n) is 3.75. The Kier molecular flexibility index (Phi) is 6.50. The Morgan fingerprint density at radius 2 is 2.05 bits per heavy atom. The molecule has 1 aliphatic carbocycles. The summed E-state index contributed by atoms with van der Waals surface area (Å²) in [6.07, 6.45) is 5.69. The van der Waals surface area contributed by atoms with Gasteiger partial charge in [0.1, 0.15) is 0 Å². The first-order chi connectivity index (χ1) is 10.2. The monoisotopic (exact) mass is 351 g/mol. The zero-order valence-corrected chi connectivity index (χ0v) is 13.7. The maximum absolute atomic E-state index is 8.93. The van der Waals surface area contributed by atoms with Crippen molar-refractivity contribution in [3.8, 4) is 6.07 Å². The van der Waals surface area contributed by atoms with Crippen LogP contribution in [0.2, 0.25) is 0 Å². The van der Waals surface area contributed by atoms with Gasteiger partial charge in [-0.3, -0.25) is 0 Å².